The van der Waals surface area contributed by atoms with Crippen LogP contribution in [-0.2, 0) is 17.9 Å². The van der Waals surface area contributed by atoms with Gasteiger partial charge in [0.05, 0.1) is 24.3 Å². The van der Waals surface area contributed by atoms with Crippen LogP contribution in [0.15, 0.2) is 18.9 Å². The fraction of sp³-hybridized carbons (Fsp3) is 0.625. The molecule has 0 aromatic carbocycles. The van der Waals surface area contributed by atoms with E-state index in [1.807, 2.05) is 13.1 Å². The molecule has 6 heteroatoms. The van der Waals surface area contributed by atoms with Gasteiger partial charge in [0.15, 0.2) is 0 Å². The summed E-state index contributed by atoms with van der Waals surface area (Å²) in [6.45, 7) is 8.34. The number of aliphatic hydroxyl groups is 1. The van der Waals surface area contributed by atoms with E-state index in [4.69, 9.17) is 5.11 Å². The summed E-state index contributed by atoms with van der Waals surface area (Å²) in [5, 5.41) is 23.0. The molecule has 0 aliphatic carbocycles. The normalized spacial score (nSPS) is 22.6. The van der Waals surface area contributed by atoms with Gasteiger partial charge in [0.25, 0.3) is 0 Å². The van der Waals surface area contributed by atoms with Gasteiger partial charge in [-0.1, -0.05) is 6.08 Å². The average Bonchev–Trinajstić information content (AvgIpc) is 2.80. The number of nitrogens with zero attached hydrogens (tertiary/aromatic N) is 3. The van der Waals surface area contributed by atoms with Crippen molar-refractivity contribution in [3.8, 4) is 0 Å². The van der Waals surface area contributed by atoms with E-state index >= 15 is 0 Å². The van der Waals surface area contributed by atoms with E-state index < -0.39 is 11.4 Å². The van der Waals surface area contributed by atoms with Crippen molar-refractivity contribution in [2.75, 3.05) is 19.7 Å². The lowest BCUT2D eigenvalue weighted by molar-refractivity contribution is -0.152. The number of aryl methyl sites for hydroxylation is 1. The zero-order valence-electron chi connectivity index (χ0n) is 13.2. The zero-order chi connectivity index (χ0) is 16.2. The van der Waals surface area contributed by atoms with Crippen LogP contribution in [0.1, 0.15) is 30.5 Å². The Hall–Kier alpha value is -1.66. The minimum Gasteiger partial charge on any atom is -0.481 e. The Labute approximate surface area is 131 Å². The second-order valence-corrected chi connectivity index (χ2v) is 6.12. The van der Waals surface area contributed by atoms with Gasteiger partial charge >= 0.3 is 5.97 Å². The summed E-state index contributed by atoms with van der Waals surface area (Å²) in [6.07, 6.45) is 5.73. The summed E-state index contributed by atoms with van der Waals surface area (Å²) in [5.74, 6) is -0.732. The summed E-state index contributed by atoms with van der Waals surface area (Å²) in [5.41, 5.74) is 1.31. The first-order valence-electron chi connectivity index (χ1n) is 7.71. The van der Waals surface area contributed by atoms with Crippen LogP contribution in [0.25, 0.3) is 0 Å². The highest BCUT2D eigenvalue weighted by Gasteiger charge is 2.41. The number of carboxylic acid groups (broad SMARTS) is 1. The lowest BCUT2D eigenvalue weighted by atomic mass is 9.77. The Balaban J connectivity index is 2.09. The number of allylic oxidation sites excluding steroid dienone is 1. The number of carboxylic acids is 1. The van der Waals surface area contributed by atoms with Gasteiger partial charge in [-0.05, 0) is 32.7 Å². The first-order valence-corrected chi connectivity index (χ1v) is 7.71. The Morgan fingerprint density at radius 2 is 2.36 bits per heavy atom. The average molecular weight is 307 g/mol. The van der Waals surface area contributed by atoms with Crippen molar-refractivity contribution in [1.82, 2.24) is 14.7 Å². The van der Waals surface area contributed by atoms with Crippen molar-refractivity contribution < 1.29 is 15.0 Å². The van der Waals surface area contributed by atoms with Gasteiger partial charge in [0.2, 0.25) is 0 Å². The van der Waals surface area contributed by atoms with Crippen molar-refractivity contribution >= 4 is 5.97 Å². The molecule has 0 bridgehead atoms. The number of aliphatic hydroxyl groups excluding tert-OH is 1. The van der Waals surface area contributed by atoms with Crippen molar-refractivity contribution in [1.29, 1.82) is 0 Å². The molecule has 22 heavy (non-hydrogen) atoms. The van der Waals surface area contributed by atoms with Crippen molar-refractivity contribution in [3.63, 3.8) is 0 Å². The molecule has 2 rings (SSSR count). The third kappa shape index (κ3) is 3.56. The fourth-order valence-electron chi connectivity index (χ4n) is 3.24. The molecule has 1 aromatic rings. The Kier molecular flexibility index (Phi) is 5.37. The summed E-state index contributed by atoms with van der Waals surface area (Å²) < 4.78 is 1.74. The van der Waals surface area contributed by atoms with Crippen LogP contribution in [0.4, 0.5) is 0 Å². The lowest BCUT2D eigenvalue weighted by Gasteiger charge is -2.39. The van der Waals surface area contributed by atoms with Gasteiger partial charge in [-0.2, -0.15) is 5.10 Å². The number of hydrogen-bond donors (Lipinski definition) is 2. The Morgan fingerprint density at radius 1 is 1.59 bits per heavy atom. The van der Waals surface area contributed by atoms with E-state index in [2.05, 4.69) is 16.6 Å². The van der Waals surface area contributed by atoms with Gasteiger partial charge < -0.3 is 10.2 Å². The van der Waals surface area contributed by atoms with Crippen molar-refractivity contribution in [2.45, 2.75) is 39.3 Å². The van der Waals surface area contributed by atoms with Gasteiger partial charge in [0, 0.05) is 24.8 Å². The molecular weight excluding hydrogens is 282 g/mol. The monoisotopic (exact) mass is 307 g/mol. The number of carbonyl (C=O) groups is 1. The predicted molar refractivity (Wildman–Crippen MR) is 83.4 cm³/mol. The quantitative estimate of drug-likeness (QED) is 0.745. The predicted octanol–water partition coefficient (Wildman–Crippen LogP) is 1.43. The molecule has 0 radical (unpaired) electrons. The number of aromatic nitrogens is 2. The maximum absolute atomic E-state index is 11.7. The highest BCUT2D eigenvalue weighted by molar-refractivity contribution is 5.75. The molecule has 6 nitrogen and oxygen atoms in total. The second-order valence-electron chi connectivity index (χ2n) is 6.12. The lowest BCUT2D eigenvalue weighted by Crippen LogP contribution is -2.47. The summed E-state index contributed by atoms with van der Waals surface area (Å²) in [4.78, 5) is 13.9. The summed E-state index contributed by atoms with van der Waals surface area (Å²) >= 11 is 0. The van der Waals surface area contributed by atoms with Crippen LogP contribution in [-0.4, -0.2) is 50.6 Å². The number of rotatable bonds is 7. The Bertz CT molecular complexity index is 541. The van der Waals surface area contributed by atoms with Gasteiger partial charge in [-0.15, -0.1) is 6.58 Å². The van der Waals surface area contributed by atoms with E-state index in [1.165, 1.54) is 0 Å². The first-order chi connectivity index (χ1) is 10.5. The second kappa shape index (κ2) is 7.07. The molecule has 1 aromatic heterocycles. The van der Waals surface area contributed by atoms with Crippen LogP contribution in [0.2, 0.25) is 0 Å². The van der Waals surface area contributed by atoms with Gasteiger partial charge in [0.1, 0.15) is 0 Å². The molecular formula is C16H25N3O3. The standard InChI is InChI=1S/C16H25N3O3/c1-3-5-16(15(21)22)6-4-7-18(12-16)10-14-11-19(8-9-20)17-13(14)2/h3,11,20H,1,4-10,12H2,2H3,(H,21,22)/t16-/m0/s1. The molecule has 1 atom stereocenters. The van der Waals surface area contributed by atoms with E-state index in [0.717, 1.165) is 24.2 Å². The van der Waals surface area contributed by atoms with Crippen LogP contribution >= 0.6 is 0 Å². The third-order valence-corrected chi connectivity index (χ3v) is 4.42. The van der Waals surface area contributed by atoms with E-state index in [0.29, 0.717) is 32.5 Å². The summed E-state index contributed by atoms with van der Waals surface area (Å²) in [7, 11) is 0. The highest BCUT2D eigenvalue weighted by Crippen LogP contribution is 2.35. The number of likely N-dealkylation sites (tertiary alicyclic amines) is 1. The van der Waals surface area contributed by atoms with Crippen LogP contribution in [0.5, 0.6) is 0 Å². The van der Waals surface area contributed by atoms with E-state index in [1.54, 1.807) is 10.8 Å². The third-order valence-electron chi connectivity index (χ3n) is 4.42. The molecule has 2 N–H and O–H groups in total. The molecule has 0 spiro atoms. The van der Waals surface area contributed by atoms with Crippen LogP contribution in [0.3, 0.4) is 0 Å². The van der Waals surface area contributed by atoms with Crippen LogP contribution in [0, 0.1) is 12.3 Å². The van der Waals surface area contributed by atoms with Crippen LogP contribution < -0.4 is 0 Å². The Morgan fingerprint density at radius 3 is 3.00 bits per heavy atom. The first kappa shape index (κ1) is 16.7. The smallest absolute Gasteiger partial charge is 0.311 e. The molecule has 1 fully saturated rings. The molecule has 0 saturated carbocycles. The molecule has 0 amide bonds. The zero-order valence-corrected chi connectivity index (χ0v) is 13.2. The minimum atomic E-state index is -0.732. The molecule has 1 aliphatic rings. The molecule has 1 saturated heterocycles. The maximum Gasteiger partial charge on any atom is 0.311 e. The molecule has 2 heterocycles. The number of piperidine rings is 1. The fourth-order valence-corrected chi connectivity index (χ4v) is 3.24. The number of aliphatic carboxylic acids is 1. The molecule has 122 valence electrons. The highest BCUT2D eigenvalue weighted by atomic mass is 16.4. The van der Waals surface area contributed by atoms with E-state index in [-0.39, 0.29) is 6.61 Å². The summed E-state index contributed by atoms with van der Waals surface area (Å²) in [6, 6.07) is 0. The minimum absolute atomic E-state index is 0.0612. The largest absolute Gasteiger partial charge is 0.481 e. The SMILES string of the molecule is C=CC[C@]1(C(=O)O)CCCN(Cc2cn(CCO)nc2C)C1. The van der Waals surface area contributed by atoms with Gasteiger partial charge in [-0.25, -0.2) is 0 Å². The van der Waals surface area contributed by atoms with Gasteiger partial charge in [-0.3, -0.25) is 14.4 Å². The maximum atomic E-state index is 11.7. The number of hydrogen-bond acceptors (Lipinski definition) is 4. The van der Waals surface area contributed by atoms with Crippen molar-refractivity contribution in [3.05, 3.63) is 30.1 Å². The van der Waals surface area contributed by atoms with E-state index in [9.17, 15) is 9.90 Å². The topological polar surface area (TPSA) is 78.6 Å². The molecule has 0 unspecified atom stereocenters. The van der Waals surface area contributed by atoms with Crippen molar-refractivity contribution in [2.24, 2.45) is 5.41 Å². The molecule has 1 aliphatic heterocycles.